The molecule has 0 N–H and O–H groups in total. The van der Waals surface area contributed by atoms with Crippen LogP contribution in [0, 0.1) is 0 Å². The maximum atomic E-state index is 12.6. The lowest BCUT2D eigenvalue weighted by Crippen LogP contribution is -2.14. The van der Waals surface area contributed by atoms with Crippen molar-refractivity contribution in [3.8, 4) is 0 Å². The summed E-state index contributed by atoms with van der Waals surface area (Å²) in [4.78, 5) is 9.95. The molecule has 0 amide bonds. The van der Waals surface area contributed by atoms with Gasteiger partial charge in [-0.3, -0.25) is 4.79 Å². The number of hydrogen-bond donors (Lipinski definition) is 0. The Balaban J connectivity index is 3.04. The van der Waals surface area contributed by atoms with Crippen molar-refractivity contribution in [2.24, 2.45) is 0 Å². The van der Waals surface area contributed by atoms with Crippen molar-refractivity contribution >= 4 is 22.2 Å². The van der Waals surface area contributed by atoms with Gasteiger partial charge in [0.2, 0.25) is 0 Å². The highest BCUT2D eigenvalue weighted by molar-refractivity contribution is 9.10. The SMILES string of the molecule is O=CC(F)(F)c1ccc(Br)cc1. The van der Waals surface area contributed by atoms with Crippen LogP contribution >= 0.6 is 15.9 Å². The number of hydrogen-bond acceptors (Lipinski definition) is 1. The van der Waals surface area contributed by atoms with Crippen LogP contribution in [0.2, 0.25) is 0 Å². The van der Waals surface area contributed by atoms with Crippen LogP contribution in [0.15, 0.2) is 28.7 Å². The number of halogens is 3. The molecule has 0 fully saturated rings. The zero-order valence-corrected chi connectivity index (χ0v) is 7.51. The molecule has 0 aromatic heterocycles. The van der Waals surface area contributed by atoms with Crippen LogP contribution in [-0.2, 0) is 10.7 Å². The predicted molar refractivity (Wildman–Crippen MR) is 44.1 cm³/mol. The highest BCUT2D eigenvalue weighted by Crippen LogP contribution is 2.26. The Labute approximate surface area is 76.5 Å². The molecule has 1 rings (SSSR count). The predicted octanol–water partition coefficient (Wildman–Crippen LogP) is 2.74. The van der Waals surface area contributed by atoms with Gasteiger partial charge in [-0.25, -0.2) is 0 Å². The highest BCUT2D eigenvalue weighted by atomic mass is 79.9. The van der Waals surface area contributed by atoms with E-state index in [4.69, 9.17) is 0 Å². The normalized spacial score (nSPS) is 11.2. The minimum atomic E-state index is -3.37. The molecule has 0 heterocycles. The third-order valence-corrected chi connectivity index (χ3v) is 1.91. The number of carbonyl (C=O) groups excluding carboxylic acids is 1. The minimum Gasteiger partial charge on any atom is -0.296 e. The van der Waals surface area contributed by atoms with Gasteiger partial charge in [-0.15, -0.1) is 0 Å². The van der Waals surface area contributed by atoms with Gasteiger partial charge in [0.25, 0.3) is 0 Å². The summed E-state index contributed by atoms with van der Waals surface area (Å²) in [5.41, 5.74) is -0.291. The molecule has 0 radical (unpaired) electrons. The van der Waals surface area contributed by atoms with Crippen molar-refractivity contribution < 1.29 is 13.6 Å². The van der Waals surface area contributed by atoms with Crippen LogP contribution in [-0.4, -0.2) is 6.29 Å². The Kier molecular flexibility index (Phi) is 2.57. The topological polar surface area (TPSA) is 17.1 Å². The minimum absolute atomic E-state index is 0.291. The van der Waals surface area contributed by atoms with Gasteiger partial charge < -0.3 is 0 Å². The molecule has 0 aliphatic rings. The summed E-state index contributed by atoms with van der Waals surface area (Å²) in [6, 6.07) is 5.34. The summed E-state index contributed by atoms with van der Waals surface area (Å²) in [5.74, 6) is -3.37. The van der Waals surface area contributed by atoms with E-state index < -0.39 is 5.92 Å². The highest BCUT2D eigenvalue weighted by Gasteiger charge is 2.30. The average Bonchev–Trinajstić information content (AvgIpc) is 2.05. The van der Waals surface area contributed by atoms with Crippen LogP contribution in [0.1, 0.15) is 5.56 Å². The summed E-state index contributed by atoms with van der Waals surface area (Å²) < 4.78 is 26.0. The van der Waals surface area contributed by atoms with E-state index in [-0.39, 0.29) is 11.8 Å². The van der Waals surface area contributed by atoms with E-state index in [0.717, 1.165) is 0 Å². The van der Waals surface area contributed by atoms with Crippen LogP contribution in [0.25, 0.3) is 0 Å². The van der Waals surface area contributed by atoms with Crippen molar-refractivity contribution in [2.45, 2.75) is 5.92 Å². The van der Waals surface area contributed by atoms with Crippen LogP contribution in [0.4, 0.5) is 8.78 Å². The maximum absolute atomic E-state index is 12.6. The van der Waals surface area contributed by atoms with E-state index in [1.54, 1.807) is 0 Å². The van der Waals surface area contributed by atoms with E-state index in [9.17, 15) is 13.6 Å². The van der Waals surface area contributed by atoms with Crippen molar-refractivity contribution in [2.75, 3.05) is 0 Å². The second kappa shape index (κ2) is 3.31. The largest absolute Gasteiger partial charge is 0.327 e. The molecule has 0 saturated heterocycles. The fraction of sp³-hybridized carbons (Fsp3) is 0.125. The lowest BCUT2D eigenvalue weighted by atomic mass is 10.1. The molecule has 4 heteroatoms. The van der Waals surface area contributed by atoms with Crippen LogP contribution in [0.3, 0.4) is 0 Å². The van der Waals surface area contributed by atoms with Gasteiger partial charge in [0.05, 0.1) is 0 Å². The molecule has 12 heavy (non-hydrogen) atoms. The van der Waals surface area contributed by atoms with E-state index in [0.29, 0.717) is 4.47 Å². The fourth-order valence-electron chi connectivity index (χ4n) is 0.740. The molecule has 0 aliphatic carbocycles. The van der Waals surface area contributed by atoms with Gasteiger partial charge in [-0.1, -0.05) is 28.1 Å². The van der Waals surface area contributed by atoms with Crippen molar-refractivity contribution in [1.29, 1.82) is 0 Å². The number of alkyl halides is 2. The zero-order valence-electron chi connectivity index (χ0n) is 5.93. The molecule has 64 valence electrons. The summed E-state index contributed by atoms with van der Waals surface area (Å²) in [7, 11) is 0. The Morgan fingerprint density at radius 3 is 2.17 bits per heavy atom. The molecule has 0 spiro atoms. The van der Waals surface area contributed by atoms with E-state index in [1.807, 2.05) is 0 Å². The fourth-order valence-corrected chi connectivity index (χ4v) is 1.00. The first kappa shape index (κ1) is 9.32. The molecule has 0 atom stereocenters. The Bertz CT molecular complexity index is 282. The third kappa shape index (κ3) is 1.88. The van der Waals surface area contributed by atoms with Crippen LogP contribution < -0.4 is 0 Å². The second-order valence-corrected chi connectivity index (χ2v) is 3.16. The molecule has 0 saturated carbocycles. The standard InChI is InChI=1S/C8H5BrF2O/c9-7-3-1-6(2-4-7)8(10,11)5-12/h1-5H. The second-order valence-electron chi connectivity index (χ2n) is 2.25. The summed E-state index contributed by atoms with van der Waals surface area (Å²) >= 11 is 3.10. The van der Waals surface area contributed by atoms with Crippen LogP contribution in [0.5, 0.6) is 0 Å². The van der Waals surface area contributed by atoms with Crippen molar-refractivity contribution in [1.82, 2.24) is 0 Å². The molecule has 1 nitrogen and oxygen atoms in total. The molecule has 1 aromatic carbocycles. The van der Waals surface area contributed by atoms with Crippen molar-refractivity contribution in [3.05, 3.63) is 34.3 Å². The summed E-state index contributed by atoms with van der Waals surface area (Å²) in [5, 5.41) is 0. The molecule has 0 unspecified atom stereocenters. The lowest BCUT2D eigenvalue weighted by Gasteiger charge is -2.07. The number of benzene rings is 1. The Morgan fingerprint density at radius 2 is 1.75 bits per heavy atom. The first-order valence-electron chi connectivity index (χ1n) is 3.16. The molecule has 0 bridgehead atoms. The Morgan fingerprint density at radius 1 is 1.25 bits per heavy atom. The Hall–Kier alpha value is -0.770. The first-order chi connectivity index (χ1) is 5.56. The first-order valence-corrected chi connectivity index (χ1v) is 3.96. The molecule has 0 aliphatic heterocycles. The van der Waals surface area contributed by atoms with E-state index >= 15 is 0 Å². The van der Waals surface area contributed by atoms with Gasteiger partial charge in [-0.05, 0) is 12.1 Å². The van der Waals surface area contributed by atoms with Gasteiger partial charge in [0.15, 0.2) is 6.29 Å². The van der Waals surface area contributed by atoms with Gasteiger partial charge in [0, 0.05) is 10.0 Å². The third-order valence-electron chi connectivity index (χ3n) is 1.38. The number of rotatable bonds is 2. The quantitative estimate of drug-likeness (QED) is 0.720. The smallest absolute Gasteiger partial charge is 0.296 e. The summed E-state index contributed by atoms with van der Waals surface area (Å²) in [6.07, 6.45) is -0.365. The number of carbonyl (C=O) groups is 1. The van der Waals surface area contributed by atoms with Crippen molar-refractivity contribution in [3.63, 3.8) is 0 Å². The monoisotopic (exact) mass is 234 g/mol. The molecular weight excluding hydrogens is 230 g/mol. The molecule has 1 aromatic rings. The average molecular weight is 235 g/mol. The van der Waals surface area contributed by atoms with E-state index in [1.165, 1.54) is 24.3 Å². The number of aldehydes is 1. The van der Waals surface area contributed by atoms with Gasteiger partial charge in [0.1, 0.15) is 0 Å². The van der Waals surface area contributed by atoms with Gasteiger partial charge >= 0.3 is 5.92 Å². The lowest BCUT2D eigenvalue weighted by molar-refractivity contribution is -0.130. The van der Waals surface area contributed by atoms with E-state index in [2.05, 4.69) is 15.9 Å². The zero-order chi connectivity index (χ0) is 9.19. The maximum Gasteiger partial charge on any atom is 0.327 e. The molecular formula is C8H5BrF2O. The summed E-state index contributed by atoms with van der Waals surface area (Å²) in [6.45, 7) is 0. The van der Waals surface area contributed by atoms with Gasteiger partial charge in [-0.2, -0.15) is 8.78 Å².